The van der Waals surface area contributed by atoms with E-state index >= 15 is 0 Å². The molecule has 1 aliphatic rings. The second-order valence-electron chi connectivity index (χ2n) is 3.00. The molecule has 1 amide bonds. The van der Waals surface area contributed by atoms with Gasteiger partial charge in [-0.15, -0.1) is 0 Å². The molecule has 0 spiro atoms. The van der Waals surface area contributed by atoms with Gasteiger partial charge in [0.15, 0.2) is 0 Å². The number of hydrogen-bond donors (Lipinski definition) is 1. The third kappa shape index (κ3) is 1.71. The molecule has 1 fully saturated rings. The number of carbonyl (C=O) groups excluding carboxylic acids is 1. The molecule has 1 unspecified atom stereocenters. The maximum atomic E-state index is 10.7. The Labute approximate surface area is 89.4 Å². The van der Waals surface area contributed by atoms with Crippen LogP contribution in [0.4, 0.5) is 0 Å². The third-order valence-corrected chi connectivity index (χ3v) is 3.28. The summed E-state index contributed by atoms with van der Waals surface area (Å²) in [5.74, 6) is 0.107. The topological polar surface area (TPSA) is 29.1 Å². The number of nitrogens with one attached hydrogen (secondary N) is 1. The minimum atomic E-state index is 0.107. The van der Waals surface area contributed by atoms with E-state index in [2.05, 4.69) is 21.2 Å². The zero-order valence-corrected chi connectivity index (χ0v) is 9.02. The van der Waals surface area contributed by atoms with E-state index in [1.807, 2.05) is 18.2 Å². The number of carbonyl (C=O) groups is 1. The molecule has 0 saturated carbocycles. The number of amides is 1. The van der Waals surface area contributed by atoms with Crippen LogP contribution in [0.3, 0.4) is 0 Å². The lowest BCUT2D eigenvalue weighted by atomic mass is 9.97. The van der Waals surface area contributed by atoms with Gasteiger partial charge >= 0.3 is 0 Å². The monoisotopic (exact) mass is 259 g/mol. The molecule has 1 heterocycles. The van der Waals surface area contributed by atoms with E-state index in [4.69, 9.17) is 11.6 Å². The summed E-state index contributed by atoms with van der Waals surface area (Å²) in [7, 11) is 0. The average molecular weight is 261 g/mol. The molecular weight excluding hydrogens is 253 g/mol. The molecule has 13 heavy (non-hydrogen) atoms. The highest BCUT2D eigenvalue weighted by molar-refractivity contribution is 9.10. The number of β-lactam (4-membered cyclic amide) rings is 1. The van der Waals surface area contributed by atoms with Crippen LogP contribution < -0.4 is 5.32 Å². The average Bonchev–Trinajstić information content (AvgIpc) is 2.05. The lowest BCUT2D eigenvalue weighted by molar-refractivity contribution is -0.128. The summed E-state index contributed by atoms with van der Waals surface area (Å²) in [6.07, 6.45) is 0.577. The van der Waals surface area contributed by atoms with Crippen LogP contribution in [0.25, 0.3) is 0 Å². The largest absolute Gasteiger partial charge is 0.349 e. The van der Waals surface area contributed by atoms with Crippen molar-refractivity contribution in [3.8, 4) is 0 Å². The van der Waals surface area contributed by atoms with Gasteiger partial charge in [-0.25, -0.2) is 0 Å². The van der Waals surface area contributed by atoms with E-state index in [9.17, 15) is 4.79 Å². The van der Waals surface area contributed by atoms with Crippen LogP contribution in [0.2, 0.25) is 5.02 Å². The zero-order valence-electron chi connectivity index (χ0n) is 6.68. The summed E-state index contributed by atoms with van der Waals surface area (Å²) in [6.45, 7) is 0. The molecule has 0 bridgehead atoms. The third-order valence-electron chi connectivity index (χ3n) is 2.07. The Hall–Kier alpha value is -0.540. The smallest absolute Gasteiger partial charge is 0.222 e. The second-order valence-corrected chi connectivity index (χ2v) is 4.26. The molecule has 0 aliphatic carbocycles. The van der Waals surface area contributed by atoms with Crippen LogP contribution in [0.1, 0.15) is 18.0 Å². The van der Waals surface area contributed by atoms with Gasteiger partial charge in [0.1, 0.15) is 0 Å². The van der Waals surface area contributed by atoms with Gasteiger partial charge in [-0.2, -0.15) is 0 Å². The summed E-state index contributed by atoms with van der Waals surface area (Å²) in [5, 5.41) is 3.49. The quantitative estimate of drug-likeness (QED) is 0.773. The standard InChI is InChI=1S/C9H7BrClNO/c10-6-3-5(1-2-7(6)11)8-4-9(13)12-8/h1-3,8H,4H2,(H,12,13). The van der Waals surface area contributed by atoms with Crippen LogP contribution >= 0.6 is 27.5 Å². The Morgan fingerprint density at radius 2 is 2.23 bits per heavy atom. The van der Waals surface area contributed by atoms with E-state index in [0.717, 1.165) is 10.0 Å². The van der Waals surface area contributed by atoms with E-state index in [1.54, 1.807) is 0 Å². The Kier molecular flexibility index (Phi) is 2.30. The van der Waals surface area contributed by atoms with Crippen molar-refractivity contribution in [1.82, 2.24) is 5.32 Å². The second kappa shape index (κ2) is 3.31. The molecule has 2 rings (SSSR count). The van der Waals surface area contributed by atoms with Crippen molar-refractivity contribution in [3.05, 3.63) is 33.3 Å². The van der Waals surface area contributed by atoms with Crippen LogP contribution in [0, 0.1) is 0 Å². The summed E-state index contributed by atoms with van der Waals surface area (Å²) in [4.78, 5) is 10.7. The first-order valence-corrected chi connectivity index (χ1v) is 5.08. The summed E-state index contributed by atoms with van der Waals surface area (Å²) >= 11 is 9.18. The van der Waals surface area contributed by atoms with Crippen molar-refractivity contribution in [2.24, 2.45) is 0 Å². The highest BCUT2D eigenvalue weighted by Crippen LogP contribution is 2.29. The molecule has 1 saturated heterocycles. The predicted octanol–water partition coefficient (Wildman–Crippen LogP) is 2.66. The van der Waals surface area contributed by atoms with Crippen molar-refractivity contribution in [2.75, 3.05) is 0 Å². The van der Waals surface area contributed by atoms with Crippen molar-refractivity contribution in [2.45, 2.75) is 12.5 Å². The number of benzene rings is 1. The minimum Gasteiger partial charge on any atom is -0.349 e. The molecular formula is C9H7BrClNO. The SMILES string of the molecule is O=C1CC(c2ccc(Cl)c(Br)c2)N1. The molecule has 68 valence electrons. The van der Waals surface area contributed by atoms with E-state index in [1.165, 1.54) is 0 Å². The fraction of sp³-hybridized carbons (Fsp3) is 0.222. The zero-order chi connectivity index (χ0) is 9.42. The van der Waals surface area contributed by atoms with Crippen molar-refractivity contribution in [1.29, 1.82) is 0 Å². The Bertz CT molecular complexity index is 359. The van der Waals surface area contributed by atoms with Crippen LogP contribution in [0.15, 0.2) is 22.7 Å². The van der Waals surface area contributed by atoms with Crippen molar-refractivity contribution >= 4 is 33.4 Å². The number of hydrogen-bond acceptors (Lipinski definition) is 1. The fourth-order valence-electron chi connectivity index (χ4n) is 1.29. The number of rotatable bonds is 1. The van der Waals surface area contributed by atoms with Gasteiger partial charge in [-0.05, 0) is 33.6 Å². The van der Waals surface area contributed by atoms with Crippen molar-refractivity contribution in [3.63, 3.8) is 0 Å². The van der Waals surface area contributed by atoms with Gasteiger partial charge in [0, 0.05) is 4.47 Å². The summed E-state index contributed by atoms with van der Waals surface area (Å²) in [5.41, 5.74) is 1.09. The highest BCUT2D eigenvalue weighted by atomic mass is 79.9. The number of halogens is 2. The first-order valence-electron chi connectivity index (χ1n) is 3.91. The Balaban J connectivity index is 2.22. The molecule has 0 radical (unpaired) electrons. The summed E-state index contributed by atoms with van der Waals surface area (Å²) < 4.78 is 0.868. The molecule has 1 N–H and O–H groups in total. The van der Waals surface area contributed by atoms with Gasteiger partial charge in [0.25, 0.3) is 0 Å². The Morgan fingerprint density at radius 3 is 2.77 bits per heavy atom. The highest BCUT2D eigenvalue weighted by Gasteiger charge is 2.26. The van der Waals surface area contributed by atoms with E-state index in [0.29, 0.717) is 11.4 Å². The lowest BCUT2D eigenvalue weighted by Crippen LogP contribution is -2.41. The van der Waals surface area contributed by atoms with Crippen LogP contribution in [0.5, 0.6) is 0 Å². The molecule has 2 nitrogen and oxygen atoms in total. The molecule has 0 aromatic heterocycles. The van der Waals surface area contributed by atoms with Crippen molar-refractivity contribution < 1.29 is 4.79 Å². The van der Waals surface area contributed by atoms with E-state index in [-0.39, 0.29) is 11.9 Å². The van der Waals surface area contributed by atoms with Gasteiger partial charge in [-0.3, -0.25) is 4.79 Å². The maximum absolute atomic E-state index is 10.7. The molecule has 1 aromatic carbocycles. The maximum Gasteiger partial charge on any atom is 0.222 e. The first kappa shape index (κ1) is 9.03. The molecule has 1 aliphatic heterocycles. The minimum absolute atomic E-state index is 0.107. The van der Waals surface area contributed by atoms with Gasteiger partial charge < -0.3 is 5.32 Å². The van der Waals surface area contributed by atoms with Crippen LogP contribution in [-0.2, 0) is 4.79 Å². The normalized spacial score (nSPS) is 20.8. The van der Waals surface area contributed by atoms with Gasteiger partial charge in [0.2, 0.25) is 5.91 Å². The Morgan fingerprint density at radius 1 is 1.54 bits per heavy atom. The lowest BCUT2D eigenvalue weighted by Gasteiger charge is -2.27. The molecule has 1 aromatic rings. The van der Waals surface area contributed by atoms with E-state index < -0.39 is 0 Å². The molecule has 1 atom stereocenters. The molecule has 4 heteroatoms. The van der Waals surface area contributed by atoms with Crippen LogP contribution in [-0.4, -0.2) is 5.91 Å². The predicted molar refractivity (Wildman–Crippen MR) is 54.7 cm³/mol. The van der Waals surface area contributed by atoms with Gasteiger partial charge in [-0.1, -0.05) is 17.7 Å². The van der Waals surface area contributed by atoms with Gasteiger partial charge in [0.05, 0.1) is 17.5 Å². The summed E-state index contributed by atoms with van der Waals surface area (Å²) in [6, 6.07) is 5.86. The fourth-order valence-corrected chi connectivity index (χ4v) is 1.80. The first-order chi connectivity index (χ1) is 6.16.